The summed E-state index contributed by atoms with van der Waals surface area (Å²) in [6, 6.07) is 15.0. The molecule has 6 nitrogen and oxygen atoms in total. The smallest absolute Gasteiger partial charge is 0.239 e. The van der Waals surface area contributed by atoms with Gasteiger partial charge in [0.1, 0.15) is 5.58 Å². The molecule has 1 aliphatic heterocycles. The molecule has 0 aliphatic carbocycles. The third-order valence-electron chi connectivity index (χ3n) is 6.27. The van der Waals surface area contributed by atoms with Gasteiger partial charge in [0, 0.05) is 28.9 Å². The molecule has 2 heterocycles. The van der Waals surface area contributed by atoms with E-state index in [0.29, 0.717) is 22.7 Å². The van der Waals surface area contributed by atoms with Gasteiger partial charge in [0.05, 0.1) is 25.7 Å². The van der Waals surface area contributed by atoms with Gasteiger partial charge in [-0.25, -0.2) is 0 Å². The van der Waals surface area contributed by atoms with Crippen molar-refractivity contribution in [3.05, 3.63) is 82.3 Å². The Labute approximate surface area is 198 Å². The van der Waals surface area contributed by atoms with Crippen LogP contribution in [0.3, 0.4) is 0 Å². The lowest BCUT2D eigenvalue weighted by Gasteiger charge is -2.28. The van der Waals surface area contributed by atoms with Crippen LogP contribution in [0.2, 0.25) is 5.02 Å². The Hall–Kier alpha value is -3.09. The average Bonchev–Trinajstić information content (AvgIpc) is 3.36. The van der Waals surface area contributed by atoms with Crippen LogP contribution in [-0.2, 0) is 4.79 Å². The quantitative estimate of drug-likeness (QED) is 0.492. The number of quaternary nitrogens is 1. The van der Waals surface area contributed by atoms with Crippen molar-refractivity contribution in [2.45, 2.75) is 26.3 Å². The van der Waals surface area contributed by atoms with Gasteiger partial charge in [-0.1, -0.05) is 41.9 Å². The number of amides is 1. The standard InChI is InChI=1S/C26H27ClN2O4/c1-3-28(4-2)13-8-14-29-23(18-10-7-11-19(27)15-18)22(25(31)26(29)32)24(30)21-16-17-9-5-6-12-20(17)33-21/h5-7,9-12,15-16,23,31H,3-4,8,13-14H2,1-2H3. The molecule has 33 heavy (non-hydrogen) atoms. The first-order valence-electron chi connectivity index (χ1n) is 11.3. The molecule has 0 saturated heterocycles. The van der Waals surface area contributed by atoms with E-state index >= 15 is 0 Å². The molecule has 4 rings (SSSR count). The van der Waals surface area contributed by atoms with Crippen LogP contribution >= 0.6 is 11.6 Å². The van der Waals surface area contributed by atoms with Crippen molar-refractivity contribution in [3.8, 4) is 0 Å². The molecule has 3 aromatic rings. The summed E-state index contributed by atoms with van der Waals surface area (Å²) in [6.45, 7) is 7.47. The number of hydrogen-bond acceptors (Lipinski definition) is 4. The van der Waals surface area contributed by atoms with Crippen LogP contribution in [0.15, 0.2) is 70.3 Å². The molecule has 1 N–H and O–H groups in total. The Morgan fingerprint density at radius 3 is 2.58 bits per heavy atom. The number of benzene rings is 2. The fourth-order valence-corrected chi connectivity index (χ4v) is 4.65. The summed E-state index contributed by atoms with van der Waals surface area (Å²) in [5, 5.41) is 14.3. The van der Waals surface area contributed by atoms with Gasteiger partial charge in [0.15, 0.2) is 5.76 Å². The molecule has 0 radical (unpaired) electrons. The van der Waals surface area contributed by atoms with Gasteiger partial charge in [-0.05, 0) is 49.4 Å². The van der Waals surface area contributed by atoms with E-state index in [4.69, 9.17) is 16.0 Å². The van der Waals surface area contributed by atoms with Crippen LogP contribution in [0.1, 0.15) is 42.4 Å². The maximum absolute atomic E-state index is 13.5. The highest BCUT2D eigenvalue weighted by Crippen LogP contribution is 2.39. The van der Waals surface area contributed by atoms with Crippen molar-refractivity contribution >= 4 is 34.3 Å². The van der Waals surface area contributed by atoms with Gasteiger partial charge in [0.2, 0.25) is 11.7 Å². The van der Waals surface area contributed by atoms with E-state index in [1.54, 1.807) is 36.4 Å². The minimum atomic E-state index is -0.795. The predicted molar refractivity (Wildman–Crippen MR) is 125 cm³/mol. The molecule has 7 heteroatoms. The van der Waals surface area contributed by atoms with Crippen molar-refractivity contribution in [1.29, 1.82) is 0 Å². The van der Waals surface area contributed by atoms with E-state index in [2.05, 4.69) is 13.8 Å². The number of hydrogen-bond donors (Lipinski definition) is 1. The van der Waals surface area contributed by atoms with E-state index in [0.717, 1.165) is 31.4 Å². The molecule has 0 spiro atoms. The van der Waals surface area contributed by atoms with Crippen molar-refractivity contribution in [2.75, 3.05) is 26.2 Å². The van der Waals surface area contributed by atoms with Gasteiger partial charge < -0.3 is 19.3 Å². The van der Waals surface area contributed by atoms with Gasteiger partial charge in [0.25, 0.3) is 0 Å². The first kappa shape index (κ1) is 23.1. The van der Waals surface area contributed by atoms with Crippen LogP contribution < -0.4 is 10.0 Å². The lowest BCUT2D eigenvalue weighted by atomic mass is 9.95. The molecule has 1 aliphatic rings. The highest BCUT2D eigenvalue weighted by Gasteiger charge is 2.40. The number of carbonyl (C=O) groups is 2. The zero-order valence-electron chi connectivity index (χ0n) is 18.8. The number of furan rings is 1. The van der Waals surface area contributed by atoms with E-state index in [9.17, 15) is 14.7 Å². The largest absolute Gasteiger partial charge is 0.868 e. The number of carbonyl (C=O) groups excluding carboxylic acids is 2. The summed E-state index contributed by atoms with van der Waals surface area (Å²) in [4.78, 5) is 29.5. The fourth-order valence-electron chi connectivity index (χ4n) is 4.45. The molecule has 0 fully saturated rings. The SMILES string of the molecule is CC[NH+](CC)CCCN1C(=O)C([O-])=C(C(=O)c2cc3ccccc3o2)C1c1cccc(Cl)c1. The first-order chi connectivity index (χ1) is 15.9. The first-order valence-corrected chi connectivity index (χ1v) is 11.7. The molecular formula is C26H27ClN2O4. The summed E-state index contributed by atoms with van der Waals surface area (Å²) in [5.41, 5.74) is 1.10. The average molecular weight is 467 g/mol. The van der Waals surface area contributed by atoms with Gasteiger partial charge >= 0.3 is 0 Å². The molecule has 1 amide bonds. The third-order valence-corrected chi connectivity index (χ3v) is 6.51. The van der Waals surface area contributed by atoms with Gasteiger partial charge in [-0.2, -0.15) is 0 Å². The van der Waals surface area contributed by atoms with Crippen molar-refractivity contribution in [2.24, 2.45) is 0 Å². The van der Waals surface area contributed by atoms with Crippen LogP contribution in [0, 0.1) is 0 Å². The maximum Gasteiger partial charge on any atom is 0.239 e. The number of para-hydroxylation sites is 1. The monoisotopic (exact) mass is 466 g/mol. The van der Waals surface area contributed by atoms with Crippen molar-refractivity contribution in [1.82, 2.24) is 4.90 Å². The minimum absolute atomic E-state index is 0.0498. The number of ketones is 1. The second-order valence-electron chi connectivity index (χ2n) is 8.24. The molecular weight excluding hydrogens is 440 g/mol. The van der Waals surface area contributed by atoms with E-state index in [-0.39, 0.29) is 11.3 Å². The number of rotatable bonds is 9. The van der Waals surface area contributed by atoms with Gasteiger partial charge in [-0.15, -0.1) is 0 Å². The second kappa shape index (κ2) is 9.81. The molecule has 1 atom stereocenters. The third kappa shape index (κ3) is 4.54. The van der Waals surface area contributed by atoms with Crippen molar-refractivity contribution < 1.29 is 24.0 Å². The lowest BCUT2D eigenvalue weighted by molar-refractivity contribution is -0.896. The number of fused-ring (bicyclic) bond motifs is 1. The summed E-state index contributed by atoms with van der Waals surface area (Å²) in [6.07, 6.45) is 0.721. The maximum atomic E-state index is 13.5. The van der Waals surface area contributed by atoms with E-state index < -0.39 is 23.5 Å². The van der Waals surface area contributed by atoms with Crippen LogP contribution in [0.5, 0.6) is 0 Å². The Bertz CT molecular complexity index is 1180. The van der Waals surface area contributed by atoms with E-state index in [1.165, 1.54) is 9.80 Å². The second-order valence-corrected chi connectivity index (χ2v) is 8.67. The Kier molecular flexibility index (Phi) is 6.86. The Morgan fingerprint density at radius 1 is 1.12 bits per heavy atom. The number of nitrogens with one attached hydrogen (secondary N) is 1. The normalized spacial score (nSPS) is 16.4. The fraction of sp³-hybridized carbons (Fsp3) is 0.308. The molecule has 2 aromatic carbocycles. The van der Waals surface area contributed by atoms with Gasteiger partial charge in [-0.3, -0.25) is 9.59 Å². The Morgan fingerprint density at radius 2 is 1.88 bits per heavy atom. The molecule has 0 bridgehead atoms. The summed E-state index contributed by atoms with van der Waals surface area (Å²) in [5.74, 6) is -1.95. The topological polar surface area (TPSA) is 78.0 Å². The van der Waals surface area contributed by atoms with Crippen LogP contribution in [-0.4, -0.2) is 42.8 Å². The lowest BCUT2D eigenvalue weighted by Crippen LogP contribution is -3.11. The zero-order valence-corrected chi connectivity index (χ0v) is 19.5. The summed E-state index contributed by atoms with van der Waals surface area (Å²) < 4.78 is 5.73. The van der Waals surface area contributed by atoms with Crippen molar-refractivity contribution in [3.63, 3.8) is 0 Å². The van der Waals surface area contributed by atoms with Crippen LogP contribution in [0.25, 0.3) is 11.0 Å². The predicted octanol–water partition coefficient (Wildman–Crippen LogP) is 2.78. The molecule has 1 aromatic heterocycles. The number of halogens is 1. The molecule has 172 valence electrons. The minimum Gasteiger partial charge on any atom is -0.868 e. The molecule has 1 unspecified atom stereocenters. The summed E-state index contributed by atoms with van der Waals surface area (Å²) >= 11 is 6.22. The highest BCUT2D eigenvalue weighted by molar-refractivity contribution is 6.30. The highest BCUT2D eigenvalue weighted by atomic mass is 35.5. The summed E-state index contributed by atoms with van der Waals surface area (Å²) in [7, 11) is 0. The number of Topliss-reactive ketones (excluding diaryl/α,β-unsaturated/α-hetero) is 1. The Balaban J connectivity index is 1.70. The number of nitrogens with zero attached hydrogens (tertiary/aromatic N) is 1. The molecule has 0 saturated carbocycles. The zero-order chi connectivity index (χ0) is 23.5. The van der Waals surface area contributed by atoms with E-state index in [1.807, 2.05) is 18.2 Å². The van der Waals surface area contributed by atoms with Crippen LogP contribution in [0.4, 0.5) is 0 Å².